The molecule has 0 aliphatic rings. The summed E-state index contributed by atoms with van der Waals surface area (Å²) in [5.41, 5.74) is 1.82. The van der Waals surface area contributed by atoms with Crippen molar-refractivity contribution in [1.29, 1.82) is 5.26 Å². The van der Waals surface area contributed by atoms with Gasteiger partial charge in [-0.15, -0.1) is 0 Å². The number of benzene rings is 1. The van der Waals surface area contributed by atoms with Crippen molar-refractivity contribution in [2.45, 2.75) is 0 Å². The molecular formula is C12H5Cl3N2. The summed E-state index contributed by atoms with van der Waals surface area (Å²) in [6.07, 6.45) is 1.48. The van der Waals surface area contributed by atoms with E-state index >= 15 is 0 Å². The topological polar surface area (TPSA) is 36.7 Å². The fourth-order valence-corrected chi connectivity index (χ4v) is 1.98. The van der Waals surface area contributed by atoms with Crippen LogP contribution in [0.2, 0.25) is 15.1 Å². The van der Waals surface area contributed by atoms with Gasteiger partial charge >= 0.3 is 0 Å². The van der Waals surface area contributed by atoms with E-state index < -0.39 is 0 Å². The van der Waals surface area contributed by atoms with Gasteiger partial charge in [-0.25, -0.2) is 0 Å². The van der Waals surface area contributed by atoms with Gasteiger partial charge in [0, 0.05) is 11.8 Å². The maximum absolute atomic E-state index is 8.68. The molecule has 0 radical (unpaired) electrons. The molecule has 1 aromatic carbocycles. The Morgan fingerprint density at radius 3 is 2.29 bits per heavy atom. The number of hydrogen-bond acceptors (Lipinski definition) is 2. The summed E-state index contributed by atoms with van der Waals surface area (Å²) < 4.78 is 0. The van der Waals surface area contributed by atoms with Gasteiger partial charge in [0.2, 0.25) is 0 Å². The molecule has 0 amide bonds. The Bertz CT molecular complexity index is 600. The van der Waals surface area contributed by atoms with Crippen LogP contribution in [0.5, 0.6) is 0 Å². The molecule has 0 bridgehead atoms. The number of rotatable bonds is 1. The van der Waals surface area contributed by atoms with Crippen LogP contribution in [-0.4, -0.2) is 4.98 Å². The van der Waals surface area contributed by atoms with E-state index in [0.29, 0.717) is 31.9 Å². The van der Waals surface area contributed by atoms with Gasteiger partial charge in [0.25, 0.3) is 0 Å². The van der Waals surface area contributed by atoms with Crippen molar-refractivity contribution in [3.63, 3.8) is 0 Å². The van der Waals surface area contributed by atoms with Gasteiger partial charge in [0.1, 0.15) is 6.07 Å². The number of nitrogens with zero attached hydrogens (tertiary/aromatic N) is 2. The molecular weight excluding hydrogens is 279 g/mol. The summed E-state index contributed by atoms with van der Waals surface area (Å²) in [7, 11) is 0. The van der Waals surface area contributed by atoms with E-state index in [2.05, 4.69) is 4.98 Å². The largest absolute Gasteiger partial charge is 0.255 e. The summed E-state index contributed by atoms with van der Waals surface area (Å²) in [5.74, 6) is 0. The molecule has 1 heterocycles. The highest BCUT2D eigenvalue weighted by Crippen LogP contribution is 2.34. The highest BCUT2D eigenvalue weighted by molar-refractivity contribution is 6.44. The number of nitriles is 1. The third kappa shape index (κ3) is 2.53. The molecule has 0 N–H and O–H groups in total. The van der Waals surface area contributed by atoms with Crippen LogP contribution < -0.4 is 0 Å². The quantitative estimate of drug-likeness (QED) is 0.718. The lowest BCUT2D eigenvalue weighted by molar-refractivity contribution is 1.30. The second kappa shape index (κ2) is 4.93. The maximum Gasteiger partial charge on any atom is 0.101 e. The SMILES string of the molecule is N#Cc1ccc(-c2cc(Cl)c(Cl)cc2Cl)nc1. The van der Waals surface area contributed by atoms with Crippen molar-refractivity contribution in [3.05, 3.63) is 51.1 Å². The zero-order valence-corrected chi connectivity index (χ0v) is 10.7. The van der Waals surface area contributed by atoms with Gasteiger partial charge in [-0.05, 0) is 24.3 Å². The molecule has 0 aliphatic carbocycles. The molecule has 17 heavy (non-hydrogen) atoms. The second-order valence-electron chi connectivity index (χ2n) is 3.29. The fourth-order valence-electron chi connectivity index (χ4n) is 1.34. The first kappa shape index (κ1) is 12.2. The second-order valence-corrected chi connectivity index (χ2v) is 4.51. The minimum Gasteiger partial charge on any atom is -0.255 e. The number of pyridine rings is 1. The lowest BCUT2D eigenvalue weighted by atomic mass is 10.1. The van der Waals surface area contributed by atoms with Crippen molar-refractivity contribution in [1.82, 2.24) is 4.98 Å². The Balaban J connectivity index is 2.53. The van der Waals surface area contributed by atoms with Crippen LogP contribution in [0, 0.1) is 11.3 Å². The van der Waals surface area contributed by atoms with Crippen LogP contribution in [0.4, 0.5) is 0 Å². The third-order valence-electron chi connectivity index (χ3n) is 2.18. The van der Waals surface area contributed by atoms with Crippen molar-refractivity contribution in [2.24, 2.45) is 0 Å². The van der Waals surface area contributed by atoms with Crippen LogP contribution in [0.25, 0.3) is 11.3 Å². The lowest BCUT2D eigenvalue weighted by Gasteiger charge is -2.05. The molecule has 2 nitrogen and oxygen atoms in total. The van der Waals surface area contributed by atoms with Crippen molar-refractivity contribution < 1.29 is 0 Å². The van der Waals surface area contributed by atoms with Gasteiger partial charge < -0.3 is 0 Å². The Labute approximate surface area is 113 Å². The lowest BCUT2D eigenvalue weighted by Crippen LogP contribution is -1.86. The Morgan fingerprint density at radius 1 is 1.00 bits per heavy atom. The third-order valence-corrected chi connectivity index (χ3v) is 3.21. The molecule has 0 spiro atoms. The molecule has 0 saturated heterocycles. The first-order valence-corrected chi connectivity index (χ1v) is 5.76. The average Bonchev–Trinajstić information content (AvgIpc) is 2.34. The van der Waals surface area contributed by atoms with Crippen LogP contribution in [0.15, 0.2) is 30.5 Å². The molecule has 0 aliphatic heterocycles. The minimum absolute atomic E-state index is 0.397. The first-order chi connectivity index (χ1) is 8.11. The van der Waals surface area contributed by atoms with E-state index in [-0.39, 0.29) is 0 Å². The highest BCUT2D eigenvalue weighted by atomic mass is 35.5. The van der Waals surface area contributed by atoms with Gasteiger partial charge in [-0.3, -0.25) is 4.98 Å². The summed E-state index contributed by atoms with van der Waals surface area (Å²) >= 11 is 17.8. The van der Waals surface area contributed by atoms with Crippen LogP contribution >= 0.6 is 34.8 Å². The molecule has 2 rings (SSSR count). The first-order valence-electron chi connectivity index (χ1n) is 4.63. The summed E-state index contributed by atoms with van der Waals surface area (Å²) in [6, 6.07) is 8.60. The van der Waals surface area contributed by atoms with Crippen molar-refractivity contribution >= 4 is 34.8 Å². The van der Waals surface area contributed by atoms with Gasteiger partial charge in [-0.1, -0.05) is 34.8 Å². The van der Waals surface area contributed by atoms with E-state index in [4.69, 9.17) is 40.1 Å². The molecule has 0 saturated carbocycles. The van der Waals surface area contributed by atoms with Crippen LogP contribution in [0.3, 0.4) is 0 Å². The van der Waals surface area contributed by atoms with E-state index in [1.54, 1.807) is 24.3 Å². The van der Waals surface area contributed by atoms with Crippen molar-refractivity contribution in [3.8, 4) is 17.3 Å². The number of aromatic nitrogens is 1. The highest BCUT2D eigenvalue weighted by Gasteiger charge is 2.09. The zero-order valence-electron chi connectivity index (χ0n) is 8.42. The molecule has 1 aromatic heterocycles. The zero-order chi connectivity index (χ0) is 12.4. The maximum atomic E-state index is 8.68. The van der Waals surface area contributed by atoms with Gasteiger partial charge in [0.05, 0.1) is 26.3 Å². The van der Waals surface area contributed by atoms with Gasteiger partial charge in [0.15, 0.2) is 0 Å². The van der Waals surface area contributed by atoms with Crippen molar-refractivity contribution in [2.75, 3.05) is 0 Å². The molecule has 2 aromatic rings. The Hall–Kier alpha value is -1.27. The number of hydrogen-bond donors (Lipinski definition) is 0. The smallest absolute Gasteiger partial charge is 0.101 e. The molecule has 0 fully saturated rings. The van der Waals surface area contributed by atoms with E-state index in [1.165, 1.54) is 6.20 Å². The van der Waals surface area contributed by atoms with Crippen LogP contribution in [-0.2, 0) is 0 Å². The molecule has 0 atom stereocenters. The van der Waals surface area contributed by atoms with E-state index in [9.17, 15) is 0 Å². The summed E-state index contributed by atoms with van der Waals surface area (Å²) in [4.78, 5) is 4.14. The van der Waals surface area contributed by atoms with Crippen LogP contribution in [0.1, 0.15) is 5.56 Å². The fraction of sp³-hybridized carbons (Fsp3) is 0. The minimum atomic E-state index is 0.397. The molecule has 5 heteroatoms. The predicted molar refractivity (Wildman–Crippen MR) is 69.4 cm³/mol. The van der Waals surface area contributed by atoms with Gasteiger partial charge in [-0.2, -0.15) is 5.26 Å². The monoisotopic (exact) mass is 282 g/mol. The van der Waals surface area contributed by atoms with E-state index in [1.807, 2.05) is 6.07 Å². The Kier molecular flexibility index (Phi) is 3.54. The molecule has 84 valence electrons. The predicted octanol–water partition coefficient (Wildman–Crippen LogP) is 4.58. The Morgan fingerprint density at radius 2 is 1.71 bits per heavy atom. The molecule has 0 unspecified atom stereocenters. The summed E-state index contributed by atoms with van der Waals surface area (Å²) in [5, 5.41) is 9.96. The average molecular weight is 284 g/mol. The summed E-state index contributed by atoms with van der Waals surface area (Å²) in [6.45, 7) is 0. The number of halogens is 3. The standard InChI is InChI=1S/C12H5Cl3N2/c13-9-4-11(15)10(14)3-8(9)12-2-1-7(5-16)6-17-12/h1-4,6H. The normalized spacial score (nSPS) is 10.0. The van der Waals surface area contributed by atoms with E-state index in [0.717, 1.165) is 0 Å².